The molecule has 0 aliphatic carbocycles. The second kappa shape index (κ2) is 20.6. The van der Waals surface area contributed by atoms with Gasteiger partial charge in [-0.1, -0.05) is 48.9 Å². The maximum atomic E-state index is 13.0. The highest BCUT2D eigenvalue weighted by Crippen LogP contribution is 2.25. The van der Waals surface area contributed by atoms with E-state index in [1.54, 1.807) is 30.0 Å². The average molecular weight is 732 g/mol. The first-order valence-electron chi connectivity index (χ1n) is 17.8. The summed E-state index contributed by atoms with van der Waals surface area (Å²) in [5, 5.41) is 31.1. The molecule has 0 unspecified atom stereocenters. The van der Waals surface area contributed by atoms with Crippen LogP contribution in [-0.2, 0) is 45.3 Å². The van der Waals surface area contributed by atoms with Gasteiger partial charge in [0.25, 0.3) is 5.91 Å². The van der Waals surface area contributed by atoms with Crippen LogP contribution >= 0.6 is 11.8 Å². The average Bonchev–Trinajstić information content (AvgIpc) is 3.75. The van der Waals surface area contributed by atoms with E-state index in [0.29, 0.717) is 61.9 Å². The first kappa shape index (κ1) is 38.8. The predicted molar refractivity (Wildman–Crippen MR) is 201 cm³/mol. The number of aryl methyl sites for hydroxylation is 1. The van der Waals surface area contributed by atoms with E-state index >= 15 is 0 Å². The highest BCUT2D eigenvalue weighted by Gasteiger charge is 2.15. The molecule has 1 aromatic heterocycles. The number of phenolic OH excluding ortho intramolecular Hbond substituents is 1. The molecule has 0 bridgehead atoms. The van der Waals surface area contributed by atoms with Gasteiger partial charge in [0.1, 0.15) is 12.4 Å². The van der Waals surface area contributed by atoms with Crippen LogP contribution in [0.5, 0.6) is 5.75 Å². The Labute approximate surface area is 309 Å². The lowest BCUT2D eigenvalue weighted by molar-refractivity contribution is -0.142. The number of fused-ring (bicyclic) bond motifs is 1. The van der Waals surface area contributed by atoms with Crippen LogP contribution in [0.3, 0.4) is 0 Å². The van der Waals surface area contributed by atoms with Crippen LogP contribution < -0.4 is 16.0 Å². The molecule has 278 valence electrons. The number of aliphatic hydroxyl groups is 1. The number of benzene rings is 3. The number of imidazole rings is 1. The highest BCUT2D eigenvalue weighted by molar-refractivity contribution is 7.99. The zero-order valence-corrected chi connectivity index (χ0v) is 30.5. The first-order chi connectivity index (χ1) is 25.3. The molecule has 52 heavy (non-hydrogen) atoms. The molecule has 0 saturated carbocycles. The van der Waals surface area contributed by atoms with Gasteiger partial charge < -0.3 is 44.9 Å². The molecule has 0 spiro atoms. The van der Waals surface area contributed by atoms with E-state index in [-0.39, 0.29) is 18.3 Å². The number of ether oxygens (including phenoxy) is 3. The quantitative estimate of drug-likeness (QED) is 0.0475. The van der Waals surface area contributed by atoms with Gasteiger partial charge in [-0.05, 0) is 73.0 Å². The number of carbonyl (C=O) groups is 2. The number of nitrogens with zero attached hydrogens (tertiary/aromatic N) is 2. The van der Waals surface area contributed by atoms with E-state index in [4.69, 9.17) is 14.2 Å². The molecule has 0 fully saturated rings. The Kier molecular flexibility index (Phi) is 15.4. The summed E-state index contributed by atoms with van der Waals surface area (Å²) in [6.07, 6.45) is 5.41. The Morgan fingerprint density at radius 3 is 2.63 bits per heavy atom. The van der Waals surface area contributed by atoms with Crippen molar-refractivity contribution in [2.75, 3.05) is 49.3 Å². The van der Waals surface area contributed by atoms with Crippen molar-refractivity contribution in [2.45, 2.75) is 70.2 Å². The Morgan fingerprint density at radius 2 is 1.77 bits per heavy atom. The molecule has 1 atom stereocenters. The molecule has 1 amide bonds. The third-order valence-electron chi connectivity index (χ3n) is 8.43. The summed E-state index contributed by atoms with van der Waals surface area (Å²) in [4.78, 5) is 28.7. The molecule has 5 N–H and O–H groups in total. The standard InChI is InChI=1S/C39H49N5O7S/c1-28(45)51-27-32-21-30(12-13-36(32)46)37(47)24-40-14-4-2-3-5-16-49-17-18-50-26-29-8-6-11-34(20-29)42-38(48)31-9-7-10-33(22-31)41-23-35-25-44-15-19-52-39(44)43-35/h6-13,20-22,25,37,40-41,46-47H,2-5,14-19,23-24,26-27H2,1H3,(H,42,48)/t37-/m0/s1. The fourth-order valence-electron chi connectivity index (χ4n) is 5.63. The number of aromatic nitrogens is 2. The molecule has 12 nitrogen and oxygen atoms in total. The molecule has 5 rings (SSSR count). The fourth-order valence-corrected chi connectivity index (χ4v) is 6.60. The molecule has 13 heteroatoms. The highest BCUT2D eigenvalue weighted by atomic mass is 32.2. The van der Waals surface area contributed by atoms with Crippen LogP contribution in [0.15, 0.2) is 78.1 Å². The number of unbranched alkanes of at least 4 members (excludes halogenated alkanes) is 3. The van der Waals surface area contributed by atoms with Crippen molar-refractivity contribution >= 4 is 35.0 Å². The van der Waals surface area contributed by atoms with E-state index < -0.39 is 12.1 Å². The number of aromatic hydroxyl groups is 1. The van der Waals surface area contributed by atoms with Crippen LogP contribution in [0.25, 0.3) is 0 Å². The Hall–Kier alpha value is -4.40. The number of carbonyl (C=O) groups excluding carboxylic acids is 2. The first-order valence-corrected chi connectivity index (χ1v) is 18.7. The number of amides is 1. The van der Waals surface area contributed by atoms with Crippen LogP contribution in [0.2, 0.25) is 0 Å². The lowest BCUT2D eigenvalue weighted by atomic mass is 10.1. The zero-order chi connectivity index (χ0) is 36.5. The van der Waals surface area contributed by atoms with E-state index in [2.05, 4.69) is 31.7 Å². The maximum Gasteiger partial charge on any atom is 0.302 e. The van der Waals surface area contributed by atoms with Crippen LogP contribution in [-0.4, -0.2) is 70.3 Å². The summed E-state index contributed by atoms with van der Waals surface area (Å²) < 4.78 is 18.7. The second-order valence-electron chi connectivity index (χ2n) is 12.6. The zero-order valence-electron chi connectivity index (χ0n) is 29.6. The van der Waals surface area contributed by atoms with Crippen LogP contribution in [0.1, 0.15) is 71.5 Å². The van der Waals surface area contributed by atoms with Gasteiger partial charge >= 0.3 is 5.97 Å². The second-order valence-corrected chi connectivity index (χ2v) is 13.7. The Balaban J connectivity index is 0.882. The Bertz CT molecular complexity index is 1730. The predicted octanol–water partition coefficient (Wildman–Crippen LogP) is 6.04. The molecular weight excluding hydrogens is 683 g/mol. The van der Waals surface area contributed by atoms with Crippen molar-refractivity contribution in [3.8, 4) is 5.75 Å². The minimum atomic E-state index is -0.729. The Morgan fingerprint density at radius 1 is 0.942 bits per heavy atom. The third-order valence-corrected chi connectivity index (χ3v) is 9.40. The van der Waals surface area contributed by atoms with E-state index in [1.807, 2.05) is 42.5 Å². The van der Waals surface area contributed by atoms with E-state index in [0.717, 1.165) is 66.6 Å². The number of nitrogens with one attached hydrogen (secondary N) is 3. The summed E-state index contributed by atoms with van der Waals surface area (Å²) in [6, 6.07) is 19.9. The van der Waals surface area contributed by atoms with Gasteiger partial charge in [-0.2, -0.15) is 0 Å². The van der Waals surface area contributed by atoms with Gasteiger partial charge in [-0.15, -0.1) is 0 Å². The lowest BCUT2D eigenvalue weighted by Crippen LogP contribution is -2.22. The van der Waals surface area contributed by atoms with Crippen molar-refractivity contribution < 1.29 is 34.0 Å². The third kappa shape index (κ3) is 12.7. The lowest BCUT2D eigenvalue weighted by Gasteiger charge is -2.14. The van der Waals surface area contributed by atoms with Crippen molar-refractivity contribution in [1.82, 2.24) is 14.9 Å². The van der Waals surface area contributed by atoms with Gasteiger partial charge in [-0.25, -0.2) is 4.98 Å². The topological polar surface area (TPSA) is 156 Å². The van der Waals surface area contributed by atoms with Gasteiger partial charge in [0.2, 0.25) is 0 Å². The van der Waals surface area contributed by atoms with Gasteiger partial charge in [0, 0.05) is 61.1 Å². The van der Waals surface area contributed by atoms with E-state index in [9.17, 15) is 19.8 Å². The minimum Gasteiger partial charge on any atom is -0.508 e. The summed E-state index contributed by atoms with van der Waals surface area (Å²) in [6.45, 7) is 6.14. The molecular formula is C39H49N5O7S. The molecule has 4 aromatic rings. The van der Waals surface area contributed by atoms with Gasteiger partial charge in [0.15, 0.2) is 5.16 Å². The largest absolute Gasteiger partial charge is 0.508 e. The van der Waals surface area contributed by atoms with Gasteiger partial charge in [0.05, 0.1) is 38.2 Å². The summed E-state index contributed by atoms with van der Waals surface area (Å²) in [5.74, 6) is 0.499. The molecule has 1 aliphatic heterocycles. The summed E-state index contributed by atoms with van der Waals surface area (Å²) >= 11 is 1.77. The fraction of sp³-hybridized carbons (Fsp3) is 0.410. The molecule has 0 radical (unpaired) electrons. The number of rotatable bonds is 22. The SMILES string of the molecule is CC(=O)OCc1cc([C@@H](O)CNCCCCCCOCCOCc2cccc(NC(=O)c3cccc(NCc4cn5c(n4)SCC5)c3)c2)ccc1O. The molecule has 3 aromatic carbocycles. The molecule has 1 aliphatic rings. The maximum absolute atomic E-state index is 13.0. The molecule has 2 heterocycles. The van der Waals surface area contributed by atoms with Crippen LogP contribution in [0.4, 0.5) is 11.4 Å². The van der Waals surface area contributed by atoms with E-state index in [1.165, 1.54) is 13.0 Å². The number of hydrogen-bond acceptors (Lipinski definition) is 11. The van der Waals surface area contributed by atoms with Crippen LogP contribution in [0, 0.1) is 0 Å². The molecule has 0 saturated heterocycles. The number of aliphatic hydroxyl groups excluding tert-OH is 1. The number of anilines is 2. The number of thioether (sulfide) groups is 1. The smallest absolute Gasteiger partial charge is 0.302 e. The minimum absolute atomic E-state index is 0.0300. The van der Waals surface area contributed by atoms with Gasteiger partial charge in [-0.3, -0.25) is 9.59 Å². The van der Waals surface area contributed by atoms with Crippen molar-refractivity contribution in [3.63, 3.8) is 0 Å². The summed E-state index contributed by atoms with van der Waals surface area (Å²) in [5.41, 5.74) is 5.21. The van der Waals surface area contributed by atoms with Crippen molar-refractivity contribution in [2.24, 2.45) is 0 Å². The normalized spacial score (nSPS) is 12.7. The number of esters is 1. The monoisotopic (exact) mass is 731 g/mol. The van der Waals surface area contributed by atoms with Crippen molar-refractivity contribution in [1.29, 1.82) is 0 Å². The van der Waals surface area contributed by atoms with Crippen molar-refractivity contribution in [3.05, 3.63) is 101 Å². The number of phenols is 1. The summed E-state index contributed by atoms with van der Waals surface area (Å²) in [7, 11) is 0. The number of hydrogen-bond donors (Lipinski definition) is 5.